The van der Waals surface area contributed by atoms with Crippen LogP contribution in [0.25, 0.3) is 21.8 Å². The van der Waals surface area contributed by atoms with Crippen molar-refractivity contribution in [3.8, 4) is 23.0 Å². The Kier molecular flexibility index (Phi) is 9.97. The largest absolute Gasteiger partial charge is 0.508 e. The lowest BCUT2D eigenvalue weighted by molar-refractivity contribution is -0.636. The number of aromatic hydroxyl groups is 2. The van der Waals surface area contributed by atoms with Gasteiger partial charge in [0, 0.05) is 54.3 Å². The zero-order valence-corrected chi connectivity index (χ0v) is 35.9. The van der Waals surface area contributed by atoms with Gasteiger partial charge in [-0.3, -0.25) is 9.59 Å². The molecule has 7 aromatic rings. The van der Waals surface area contributed by atoms with Crippen LogP contribution in [0.4, 0.5) is 0 Å². The Balaban J connectivity index is 0.972. The first-order valence-electron chi connectivity index (χ1n) is 21.3. The molecule has 14 nitrogen and oxygen atoms in total. The number of esters is 1. The normalized spacial score (nSPS) is 18.5. The van der Waals surface area contributed by atoms with Gasteiger partial charge >= 0.3 is 5.97 Å². The standard InChI is InChI=1S/C49H43N5O9S/c1-29-13-18-35(19-14-29)64(60,61)54(23-7-8-30(2)55)47(58)46-36-9-3-5-11-42(36)52(43-12-6-4-10-37(43)46)27-31-28-53(51-50-31)32-15-20-39-38(24-32)48(59)63-49(39)40-21-16-33(56)25-44(40)62-45-26-34(57)17-22-41(45)49/h3-6,9-14,16-19,21-22,25-26,28,32,38-39H,7-8,15,20,23-24,27H2,1-2H3,(H-,56,57)/p+1. The van der Waals surface area contributed by atoms with Gasteiger partial charge in [-0.15, -0.1) is 5.10 Å². The monoisotopic (exact) mass is 878 g/mol. The molecular weight excluding hydrogens is 835 g/mol. The Morgan fingerprint density at radius 1 is 0.875 bits per heavy atom. The molecule has 0 bridgehead atoms. The van der Waals surface area contributed by atoms with Crippen LogP contribution in [0.5, 0.6) is 23.0 Å². The fourth-order valence-corrected chi connectivity index (χ4v) is 11.4. The highest BCUT2D eigenvalue weighted by atomic mass is 32.2. The second-order valence-corrected chi connectivity index (χ2v) is 18.8. The number of para-hydroxylation sites is 2. The van der Waals surface area contributed by atoms with Gasteiger partial charge in [0.2, 0.25) is 11.0 Å². The fourth-order valence-electron chi connectivity index (χ4n) is 10.0. The summed E-state index contributed by atoms with van der Waals surface area (Å²) in [4.78, 5) is 40.8. The number of benzene rings is 5. The number of ketones is 1. The number of rotatable bonds is 10. The molecule has 2 aliphatic heterocycles. The third-order valence-electron chi connectivity index (χ3n) is 13.0. The number of ether oxygens (including phenoxy) is 2. The van der Waals surface area contributed by atoms with Gasteiger partial charge in [-0.05, 0) is 88.1 Å². The predicted octanol–water partition coefficient (Wildman–Crippen LogP) is 7.40. The Hall–Kier alpha value is -7.13. The van der Waals surface area contributed by atoms with Gasteiger partial charge in [-0.25, -0.2) is 17.4 Å². The third-order valence-corrected chi connectivity index (χ3v) is 14.8. The van der Waals surface area contributed by atoms with Crippen molar-refractivity contribution in [3.63, 3.8) is 0 Å². The molecule has 2 aromatic heterocycles. The average Bonchev–Trinajstić information content (AvgIpc) is 3.86. The summed E-state index contributed by atoms with van der Waals surface area (Å²) >= 11 is 0. The smallest absolute Gasteiger partial charge is 0.310 e. The highest BCUT2D eigenvalue weighted by Gasteiger charge is 2.62. The lowest BCUT2D eigenvalue weighted by Crippen LogP contribution is -2.40. The van der Waals surface area contributed by atoms with Crippen LogP contribution in [0.3, 0.4) is 0 Å². The molecule has 4 heterocycles. The van der Waals surface area contributed by atoms with Gasteiger partial charge in [-0.2, -0.15) is 4.57 Å². The van der Waals surface area contributed by atoms with Crippen molar-refractivity contribution in [1.29, 1.82) is 0 Å². The van der Waals surface area contributed by atoms with E-state index in [0.717, 1.165) is 9.87 Å². The number of aromatic nitrogens is 4. The Morgan fingerprint density at radius 3 is 2.12 bits per heavy atom. The van der Waals surface area contributed by atoms with Crippen LogP contribution in [0.2, 0.25) is 0 Å². The molecule has 3 atom stereocenters. The molecule has 1 saturated carbocycles. The molecule has 5 aromatic carbocycles. The van der Waals surface area contributed by atoms with Gasteiger partial charge in [0.15, 0.2) is 12.1 Å². The van der Waals surface area contributed by atoms with Gasteiger partial charge < -0.3 is 24.5 Å². The van der Waals surface area contributed by atoms with Crippen LogP contribution < -0.4 is 9.30 Å². The summed E-state index contributed by atoms with van der Waals surface area (Å²) in [6.45, 7) is 3.37. The number of phenols is 2. The molecule has 1 aliphatic carbocycles. The van der Waals surface area contributed by atoms with Crippen LogP contribution in [0, 0.1) is 18.8 Å². The lowest BCUT2D eigenvalue weighted by atomic mass is 9.65. The third kappa shape index (κ3) is 6.73. The van der Waals surface area contributed by atoms with E-state index in [1.807, 2.05) is 58.8 Å². The fraction of sp³-hybridized carbons (Fsp3) is 0.265. The molecule has 1 saturated heterocycles. The maximum absolute atomic E-state index is 14.9. The predicted molar refractivity (Wildman–Crippen MR) is 233 cm³/mol. The number of aryl methyl sites for hydroxylation is 1. The summed E-state index contributed by atoms with van der Waals surface area (Å²) in [7, 11) is -4.32. The van der Waals surface area contributed by atoms with Crippen molar-refractivity contribution in [2.45, 2.75) is 69.0 Å². The molecule has 3 aliphatic rings. The van der Waals surface area contributed by atoms with Gasteiger partial charge in [-0.1, -0.05) is 47.2 Å². The number of amides is 1. The molecule has 10 rings (SSSR count). The van der Waals surface area contributed by atoms with Crippen molar-refractivity contribution in [1.82, 2.24) is 19.3 Å². The Morgan fingerprint density at radius 2 is 1.50 bits per heavy atom. The number of sulfonamides is 1. The quantitative estimate of drug-likeness (QED) is 0.0794. The number of carbonyl (C=O) groups is 3. The number of hydrogen-bond donors (Lipinski definition) is 2. The van der Waals surface area contributed by atoms with E-state index in [1.54, 1.807) is 48.5 Å². The van der Waals surface area contributed by atoms with Crippen LogP contribution >= 0.6 is 0 Å². The zero-order chi connectivity index (χ0) is 44.5. The molecule has 3 unspecified atom stereocenters. The van der Waals surface area contributed by atoms with Crippen molar-refractivity contribution in [2.75, 3.05) is 6.54 Å². The number of pyridine rings is 1. The minimum Gasteiger partial charge on any atom is -0.508 e. The van der Waals surface area contributed by atoms with E-state index in [9.17, 15) is 33.0 Å². The summed E-state index contributed by atoms with van der Waals surface area (Å²) in [5, 5.41) is 30.9. The van der Waals surface area contributed by atoms with E-state index in [-0.39, 0.29) is 71.6 Å². The molecular formula is C49H44N5O9S+. The van der Waals surface area contributed by atoms with E-state index in [4.69, 9.17) is 9.47 Å². The van der Waals surface area contributed by atoms with E-state index >= 15 is 0 Å². The van der Waals surface area contributed by atoms with E-state index in [2.05, 4.69) is 10.3 Å². The summed E-state index contributed by atoms with van der Waals surface area (Å²) in [6, 6.07) is 30.5. The number of fused-ring (bicyclic) bond motifs is 8. The Labute approximate surface area is 368 Å². The molecule has 15 heteroatoms. The molecule has 2 fully saturated rings. The van der Waals surface area contributed by atoms with E-state index in [0.29, 0.717) is 69.4 Å². The van der Waals surface area contributed by atoms with Crippen LogP contribution in [0.15, 0.2) is 120 Å². The van der Waals surface area contributed by atoms with E-state index in [1.165, 1.54) is 31.2 Å². The summed E-state index contributed by atoms with van der Waals surface area (Å²) in [6.07, 6.45) is 3.87. The molecule has 1 spiro atoms. The highest BCUT2D eigenvalue weighted by Crippen LogP contribution is 2.62. The first-order valence-corrected chi connectivity index (χ1v) is 22.7. The lowest BCUT2D eigenvalue weighted by Gasteiger charge is -2.42. The van der Waals surface area contributed by atoms with Gasteiger partial charge in [0.1, 0.15) is 34.5 Å². The number of carbonyl (C=O) groups excluding carboxylic acids is 3. The van der Waals surface area contributed by atoms with Crippen molar-refractivity contribution >= 4 is 49.5 Å². The molecule has 1 amide bonds. The maximum atomic E-state index is 14.9. The van der Waals surface area contributed by atoms with Crippen LogP contribution in [0.1, 0.15) is 77.8 Å². The van der Waals surface area contributed by atoms with Crippen LogP contribution in [-0.4, -0.2) is 62.1 Å². The molecule has 0 radical (unpaired) electrons. The second-order valence-electron chi connectivity index (χ2n) is 17.0. The number of nitrogens with zero attached hydrogens (tertiary/aromatic N) is 5. The maximum Gasteiger partial charge on any atom is 0.310 e. The van der Waals surface area contributed by atoms with E-state index < -0.39 is 27.4 Å². The SMILES string of the molecule is CC(=O)CCCN(C(=O)c1c2ccccc2[n+](Cc2cn(C3CCC4C(C3)C(=O)OC43c4ccc(O)cc4Oc4cc(O)ccc43)nn2)c2ccccc12)S(=O)(=O)c1ccc(C)cc1. The number of hydrogen-bond acceptors (Lipinski definition) is 11. The molecule has 64 heavy (non-hydrogen) atoms. The second kappa shape index (κ2) is 15.6. The van der Waals surface area contributed by atoms with Gasteiger partial charge in [0.05, 0.1) is 39.4 Å². The van der Waals surface area contributed by atoms with Gasteiger partial charge in [0.25, 0.3) is 15.9 Å². The van der Waals surface area contributed by atoms with Crippen molar-refractivity contribution < 1.29 is 47.1 Å². The summed E-state index contributed by atoms with van der Waals surface area (Å²) < 4.78 is 45.9. The highest BCUT2D eigenvalue weighted by molar-refractivity contribution is 7.89. The average molecular weight is 879 g/mol. The minimum atomic E-state index is -4.32. The van der Waals surface area contributed by atoms with Crippen molar-refractivity contribution in [3.05, 3.63) is 143 Å². The number of Topliss-reactive ketones (excluding diaryl/α,β-unsaturated/α-hetero) is 1. The zero-order valence-electron chi connectivity index (χ0n) is 35.0. The topological polar surface area (TPSA) is 182 Å². The summed E-state index contributed by atoms with van der Waals surface area (Å²) in [5.41, 5.74) is 3.19. The summed E-state index contributed by atoms with van der Waals surface area (Å²) in [5.74, 6) is -1.17. The van der Waals surface area contributed by atoms with Crippen molar-refractivity contribution in [2.24, 2.45) is 11.8 Å². The first-order chi connectivity index (χ1) is 30.8. The minimum absolute atomic E-state index is 0.00103. The Bertz CT molecular complexity index is 3060. The first kappa shape index (κ1) is 40.9. The number of phenolic OH excluding ortho intramolecular Hbond substituents is 2. The molecule has 324 valence electrons. The molecule has 2 N–H and O–H groups in total. The van der Waals surface area contributed by atoms with Crippen LogP contribution in [-0.2, 0) is 36.5 Å².